The Hall–Kier alpha value is -1.44. The number of nitrogens with one attached hydrogen (secondary N) is 1. The van der Waals surface area contributed by atoms with Crippen molar-refractivity contribution in [2.45, 2.75) is 11.3 Å². The van der Waals surface area contributed by atoms with E-state index in [9.17, 15) is 13.2 Å². The van der Waals surface area contributed by atoms with Gasteiger partial charge in [0.15, 0.2) is 0 Å². The van der Waals surface area contributed by atoms with Crippen LogP contribution in [0.2, 0.25) is 0 Å². The van der Waals surface area contributed by atoms with E-state index in [1.165, 1.54) is 11.5 Å². The number of carbonyl (C=O) groups is 1. The van der Waals surface area contributed by atoms with Crippen LogP contribution in [0.15, 0.2) is 29.2 Å². The number of carbonyl (C=O) groups excluding carboxylic acids is 1. The lowest BCUT2D eigenvalue weighted by atomic mass is 10.1. The molecule has 0 fully saturated rings. The normalized spacial score (nSPS) is 18.4. The van der Waals surface area contributed by atoms with E-state index in [-0.39, 0.29) is 18.0 Å². The van der Waals surface area contributed by atoms with Crippen molar-refractivity contribution in [3.05, 3.63) is 29.8 Å². The van der Waals surface area contributed by atoms with Gasteiger partial charge in [-0.05, 0) is 18.1 Å². The fourth-order valence-corrected chi connectivity index (χ4v) is 3.47. The van der Waals surface area contributed by atoms with E-state index in [0.717, 1.165) is 9.87 Å². The zero-order valence-electron chi connectivity index (χ0n) is 8.96. The molecule has 1 aromatic carbocycles. The second-order valence-electron chi connectivity index (χ2n) is 3.73. The highest BCUT2D eigenvalue weighted by atomic mass is 32.2. The molecule has 1 aliphatic heterocycles. The lowest BCUT2D eigenvalue weighted by Gasteiger charge is -2.27. The predicted octanol–water partition coefficient (Wildman–Crippen LogP) is -0.261. The summed E-state index contributed by atoms with van der Waals surface area (Å²) in [5.74, 6) is -0.743. The number of nitrogens with zero attached hydrogens (tertiary/aromatic N) is 1. The Morgan fingerprint density at radius 1 is 1.41 bits per heavy atom. The molecule has 2 rings (SSSR count). The average Bonchev–Trinajstić information content (AvgIpc) is 2.33. The summed E-state index contributed by atoms with van der Waals surface area (Å²) in [4.78, 5) is 11.2. The van der Waals surface area contributed by atoms with Gasteiger partial charge in [-0.25, -0.2) is 13.9 Å². The van der Waals surface area contributed by atoms with Gasteiger partial charge in [0.1, 0.15) is 0 Å². The van der Waals surface area contributed by atoms with Crippen LogP contribution in [0.5, 0.6) is 0 Å². The number of hydroxylamine groups is 1. The molecule has 0 saturated carbocycles. The molecule has 6 nitrogen and oxygen atoms in total. The van der Waals surface area contributed by atoms with E-state index in [1.54, 1.807) is 18.2 Å². The fourth-order valence-electron chi connectivity index (χ4n) is 1.83. The van der Waals surface area contributed by atoms with Crippen LogP contribution in [0.1, 0.15) is 5.56 Å². The molecule has 0 bridgehead atoms. The number of amides is 1. The third kappa shape index (κ3) is 2.17. The van der Waals surface area contributed by atoms with Gasteiger partial charge in [-0.2, -0.15) is 4.31 Å². The monoisotopic (exact) mass is 256 g/mol. The maximum Gasteiger partial charge on any atom is 0.258 e. The van der Waals surface area contributed by atoms with Crippen molar-refractivity contribution in [1.82, 2.24) is 9.79 Å². The summed E-state index contributed by atoms with van der Waals surface area (Å²) in [5.41, 5.74) is 2.19. The van der Waals surface area contributed by atoms with Crippen molar-refractivity contribution in [3.63, 3.8) is 0 Å². The van der Waals surface area contributed by atoms with Gasteiger partial charge in [0, 0.05) is 6.54 Å². The Morgan fingerprint density at radius 2 is 2.12 bits per heavy atom. The predicted molar refractivity (Wildman–Crippen MR) is 58.8 cm³/mol. The molecule has 2 N–H and O–H groups in total. The van der Waals surface area contributed by atoms with Gasteiger partial charge in [0.05, 0.1) is 11.4 Å². The summed E-state index contributed by atoms with van der Waals surface area (Å²) in [6, 6.07) is 6.71. The van der Waals surface area contributed by atoms with E-state index in [2.05, 4.69) is 0 Å². The highest BCUT2D eigenvalue weighted by Crippen LogP contribution is 2.25. The molecule has 0 aliphatic carbocycles. The lowest BCUT2D eigenvalue weighted by molar-refractivity contribution is -0.129. The highest BCUT2D eigenvalue weighted by Gasteiger charge is 2.32. The van der Waals surface area contributed by atoms with Crippen molar-refractivity contribution in [2.75, 3.05) is 13.1 Å². The SMILES string of the molecule is O=C(CN1CCc2ccccc2S1(=O)=O)NO. The quantitative estimate of drug-likeness (QED) is 0.564. The van der Waals surface area contributed by atoms with Crippen molar-refractivity contribution in [2.24, 2.45) is 0 Å². The minimum Gasteiger partial charge on any atom is -0.289 e. The van der Waals surface area contributed by atoms with Crippen LogP contribution >= 0.6 is 0 Å². The van der Waals surface area contributed by atoms with Gasteiger partial charge in [-0.15, -0.1) is 0 Å². The number of hydrogen-bond acceptors (Lipinski definition) is 4. The number of hydrogen-bond donors (Lipinski definition) is 2. The lowest BCUT2D eigenvalue weighted by Crippen LogP contribution is -2.43. The maximum atomic E-state index is 12.1. The van der Waals surface area contributed by atoms with Gasteiger partial charge >= 0.3 is 0 Å². The Bertz CT molecular complexity index is 541. The van der Waals surface area contributed by atoms with E-state index in [4.69, 9.17) is 5.21 Å². The molecular formula is C10H12N2O4S. The van der Waals surface area contributed by atoms with Crippen LogP contribution in [0.4, 0.5) is 0 Å². The first-order chi connectivity index (χ1) is 8.05. The summed E-state index contributed by atoms with van der Waals surface area (Å²) in [6.07, 6.45) is 0.564. The molecule has 0 atom stereocenters. The zero-order chi connectivity index (χ0) is 12.5. The summed E-state index contributed by atoms with van der Waals surface area (Å²) in [5, 5.41) is 8.41. The van der Waals surface area contributed by atoms with E-state index in [1.807, 2.05) is 0 Å². The molecule has 1 amide bonds. The summed E-state index contributed by atoms with van der Waals surface area (Å²) < 4.78 is 25.3. The minimum absolute atomic E-state index is 0.233. The second-order valence-corrected chi connectivity index (χ2v) is 5.64. The molecule has 7 heteroatoms. The Morgan fingerprint density at radius 3 is 2.82 bits per heavy atom. The third-order valence-electron chi connectivity index (χ3n) is 2.67. The average molecular weight is 256 g/mol. The van der Waals surface area contributed by atoms with E-state index >= 15 is 0 Å². The molecule has 1 heterocycles. The van der Waals surface area contributed by atoms with Crippen LogP contribution in [-0.4, -0.2) is 36.9 Å². The standard InChI is InChI=1S/C10H12N2O4S/c13-10(11-14)7-12-6-5-8-3-1-2-4-9(8)17(12,15)16/h1-4,14H,5-7H2,(H,11,13). The molecule has 92 valence electrons. The number of rotatable bonds is 2. The minimum atomic E-state index is -3.63. The number of sulfonamides is 1. The van der Waals surface area contributed by atoms with E-state index in [0.29, 0.717) is 6.42 Å². The summed E-state index contributed by atoms with van der Waals surface area (Å²) >= 11 is 0. The zero-order valence-corrected chi connectivity index (χ0v) is 9.77. The Labute approximate surface area is 98.9 Å². The van der Waals surface area contributed by atoms with Gasteiger partial charge in [0.2, 0.25) is 10.0 Å². The molecule has 0 saturated heterocycles. The summed E-state index contributed by atoms with van der Waals surface area (Å²) in [7, 11) is -3.63. The van der Waals surface area contributed by atoms with Crippen LogP contribution < -0.4 is 5.48 Å². The first kappa shape index (κ1) is 12.0. The molecule has 0 radical (unpaired) electrons. The van der Waals surface area contributed by atoms with Gasteiger partial charge in [-0.1, -0.05) is 18.2 Å². The smallest absolute Gasteiger partial charge is 0.258 e. The van der Waals surface area contributed by atoms with Crippen molar-refractivity contribution in [3.8, 4) is 0 Å². The molecule has 0 unspecified atom stereocenters. The van der Waals surface area contributed by atoms with Crippen LogP contribution in [-0.2, 0) is 21.2 Å². The first-order valence-electron chi connectivity index (χ1n) is 5.06. The van der Waals surface area contributed by atoms with Crippen LogP contribution in [0.3, 0.4) is 0 Å². The maximum absolute atomic E-state index is 12.1. The molecule has 0 aromatic heterocycles. The van der Waals surface area contributed by atoms with Crippen LogP contribution in [0, 0.1) is 0 Å². The third-order valence-corrected chi connectivity index (χ3v) is 4.61. The van der Waals surface area contributed by atoms with Gasteiger partial charge < -0.3 is 0 Å². The topological polar surface area (TPSA) is 86.7 Å². The van der Waals surface area contributed by atoms with E-state index < -0.39 is 15.9 Å². The molecule has 1 aliphatic rings. The highest BCUT2D eigenvalue weighted by molar-refractivity contribution is 7.89. The first-order valence-corrected chi connectivity index (χ1v) is 6.50. The van der Waals surface area contributed by atoms with Crippen molar-refractivity contribution in [1.29, 1.82) is 0 Å². The molecular weight excluding hydrogens is 244 g/mol. The van der Waals surface area contributed by atoms with Crippen molar-refractivity contribution < 1.29 is 18.4 Å². The second kappa shape index (κ2) is 4.44. The van der Waals surface area contributed by atoms with Gasteiger partial charge in [0.25, 0.3) is 5.91 Å². The van der Waals surface area contributed by atoms with Crippen LogP contribution in [0.25, 0.3) is 0 Å². The molecule has 0 spiro atoms. The molecule has 1 aromatic rings. The molecule has 17 heavy (non-hydrogen) atoms. The fraction of sp³-hybridized carbons (Fsp3) is 0.300. The van der Waals surface area contributed by atoms with Crippen molar-refractivity contribution >= 4 is 15.9 Å². The summed E-state index contributed by atoms with van der Waals surface area (Å²) in [6.45, 7) is -0.125. The Kier molecular flexibility index (Phi) is 3.14. The number of fused-ring (bicyclic) bond motifs is 1. The number of benzene rings is 1. The van der Waals surface area contributed by atoms with Gasteiger partial charge in [-0.3, -0.25) is 10.0 Å². The largest absolute Gasteiger partial charge is 0.289 e. The Balaban J connectivity index is 2.35.